The Kier molecular flexibility index (Phi) is 5.47. The van der Waals surface area contributed by atoms with Crippen molar-refractivity contribution in [3.63, 3.8) is 0 Å². The normalized spacial score (nSPS) is 27.3. The second-order valence-corrected chi connectivity index (χ2v) is 11.2. The van der Waals surface area contributed by atoms with Gasteiger partial charge >= 0.3 is 0 Å². The Morgan fingerprint density at radius 1 is 0.882 bits per heavy atom. The molecule has 0 amide bonds. The molecular weight excluding hydrogens is 416 g/mol. The molecule has 2 fully saturated rings. The molecule has 3 atom stereocenters. The minimum absolute atomic E-state index is 0.0128. The summed E-state index contributed by atoms with van der Waals surface area (Å²) in [5, 5.41) is 5.40. The molecule has 1 aromatic heterocycles. The topological polar surface area (TPSA) is 34.9 Å². The molecule has 2 saturated carbocycles. The van der Waals surface area contributed by atoms with Crippen LogP contribution in [0, 0.1) is 11.8 Å². The van der Waals surface area contributed by atoms with E-state index in [1.54, 1.807) is 0 Å². The summed E-state index contributed by atoms with van der Waals surface area (Å²) in [7, 11) is 0. The van der Waals surface area contributed by atoms with E-state index in [1.807, 2.05) is 0 Å². The lowest BCUT2D eigenvalue weighted by Gasteiger charge is -2.48. The van der Waals surface area contributed by atoms with Crippen LogP contribution >= 0.6 is 0 Å². The Morgan fingerprint density at radius 2 is 1.59 bits per heavy atom. The molecule has 1 heterocycles. The molecule has 0 N–H and O–H groups in total. The molecule has 3 aromatic rings. The predicted octanol–water partition coefficient (Wildman–Crippen LogP) is 7.41. The van der Waals surface area contributed by atoms with Gasteiger partial charge in [0.25, 0.3) is 0 Å². The quantitative estimate of drug-likeness (QED) is 0.415. The first-order valence-corrected chi connectivity index (χ1v) is 13.4. The number of Topliss-reactive ketones (excluding diaryl/α,β-unsaturated/α-hetero) is 1. The summed E-state index contributed by atoms with van der Waals surface area (Å²) in [6.07, 6.45) is 10.4. The molecule has 0 radical (unpaired) electrons. The maximum absolute atomic E-state index is 12.7. The van der Waals surface area contributed by atoms with Gasteiger partial charge in [-0.2, -0.15) is 5.10 Å². The average molecular weight is 453 g/mol. The molecule has 0 bridgehead atoms. The monoisotopic (exact) mass is 452 g/mol. The third-order valence-electron chi connectivity index (χ3n) is 9.29. The van der Waals surface area contributed by atoms with Crippen LogP contribution in [0.2, 0.25) is 0 Å². The van der Waals surface area contributed by atoms with Crippen molar-refractivity contribution in [1.82, 2.24) is 9.78 Å². The highest BCUT2D eigenvalue weighted by Crippen LogP contribution is 2.53. The van der Waals surface area contributed by atoms with E-state index in [1.165, 1.54) is 60.2 Å². The zero-order chi connectivity index (χ0) is 23.3. The van der Waals surface area contributed by atoms with Crippen LogP contribution in [0.25, 0.3) is 16.8 Å². The molecule has 3 heteroatoms. The fraction of sp³-hybridized carbons (Fsp3) is 0.484. The highest BCUT2D eigenvalue weighted by molar-refractivity contribution is 5.82. The molecule has 6 rings (SSSR count). The SMILES string of the molecule is C[C@H]1C(=O)CC[C@@]2(C)c3c(c(C4CCCCC4)nn3-c3ccc(-c4ccccc4)cc3)CC[C@H]12. The summed E-state index contributed by atoms with van der Waals surface area (Å²) in [6.45, 7) is 4.60. The lowest BCUT2D eigenvalue weighted by atomic mass is 9.56. The molecule has 2 aromatic carbocycles. The number of benzene rings is 2. The van der Waals surface area contributed by atoms with Gasteiger partial charge in [-0.05, 0) is 66.8 Å². The first-order chi connectivity index (χ1) is 16.6. The van der Waals surface area contributed by atoms with E-state index >= 15 is 0 Å². The van der Waals surface area contributed by atoms with Gasteiger partial charge in [0.2, 0.25) is 0 Å². The van der Waals surface area contributed by atoms with Crippen molar-refractivity contribution in [3.05, 3.63) is 71.5 Å². The van der Waals surface area contributed by atoms with Crippen molar-refractivity contribution in [3.8, 4) is 16.8 Å². The summed E-state index contributed by atoms with van der Waals surface area (Å²) in [5.41, 5.74) is 7.94. The van der Waals surface area contributed by atoms with Crippen LogP contribution in [0.3, 0.4) is 0 Å². The van der Waals surface area contributed by atoms with Gasteiger partial charge in [-0.3, -0.25) is 4.79 Å². The maximum Gasteiger partial charge on any atom is 0.136 e. The van der Waals surface area contributed by atoms with E-state index in [0.717, 1.165) is 24.9 Å². The Bertz CT molecular complexity index is 1190. The van der Waals surface area contributed by atoms with Gasteiger partial charge in [0, 0.05) is 23.7 Å². The lowest BCUT2D eigenvalue weighted by Crippen LogP contribution is -2.47. The minimum atomic E-state index is 0.0128. The maximum atomic E-state index is 12.7. The van der Waals surface area contributed by atoms with E-state index in [9.17, 15) is 4.79 Å². The van der Waals surface area contributed by atoms with E-state index in [0.29, 0.717) is 24.0 Å². The van der Waals surface area contributed by atoms with Crippen LogP contribution in [0.4, 0.5) is 0 Å². The molecule has 3 nitrogen and oxygen atoms in total. The predicted molar refractivity (Wildman–Crippen MR) is 137 cm³/mol. The first-order valence-electron chi connectivity index (χ1n) is 13.4. The molecule has 3 aliphatic rings. The van der Waals surface area contributed by atoms with Gasteiger partial charge in [0.1, 0.15) is 5.78 Å². The van der Waals surface area contributed by atoms with Crippen LogP contribution in [0.15, 0.2) is 54.6 Å². The number of aromatic nitrogens is 2. The molecule has 3 aliphatic carbocycles. The zero-order valence-corrected chi connectivity index (χ0v) is 20.6. The Labute approximate surface area is 203 Å². The number of ketones is 1. The highest BCUT2D eigenvalue weighted by Gasteiger charge is 2.51. The zero-order valence-electron chi connectivity index (χ0n) is 20.6. The molecule has 0 unspecified atom stereocenters. The summed E-state index contributed by atoms with van der Waals surface area (Å²) in [6, 6.07) is 19.5. The summed E-state index contributed by atoms with van der Waals surface area (Å²) in [5.74, 6) is 1.61. The standard InChI is InChI=1S/C31H36N2O/c1-21-27-18-17-26-29(24-11-7-4-8-12-24)32-33(30(26)31(27,2)20-19-28(21)34)25-15-13-23(14-16-25)22-9-5-3-6-10-22/h3,5-6,9-10,13-16,21,24,27H,4,7-8,11-12,17-20H2,1-2H3/t21-,27-,31-/m1/s1. The van der Waals surface area contributed by atoms with E-state index in [-0.39, 0.29) is 11.3 Å². The van der Waals surface area contributed by atoms with Crippen molar-refractivity contribution in [2.24, 2.45) is 11.8 Å². The van der Waals surface area contributed by atoms with Gasteiger partial charge in [-0.1, -0.05) is 75.6 Å². The van der Waals surface area contributed by atoms with Gasteiger partial charge in [0.05, 0.1) is 17.1 Å². The second kappa shape index (κ2) is 8.52. The van der Waals surface area contributed by atoms with Gasteiger partial charge in [0.15, 0.2) is 0 Å². The number of hydrogen-bond donors (Lipinski definition) is 0. The van der Waals surface area contributed by atoms with Crippen LogP contribution in [0.5, 0.6) is 0 Å². The minimum Gasteiger partial charge on any atom is -0.299 e. The molecule has 0 aliphatic heterocycles. The number of carbonyl (C=O) groups excluding carboxylic acids is 1. The Hall–Kier alpha value is -2.68. The van der Waals surface area contributed by atoms with Crippen molar-refractivity contribution in [1.29, 1.82) is 0 Å². The number of hydrogen-bond acceptors (Lipinski definition) is 2. The van der Waals surface area contributed by atoms with Crippen LogP contribution < -0.4 is 0 Å². The van der Waals surface area contributed by atoms with Crippen molar-refractivity contribution >= 4 is 5.78 Å². The number of rotatable bonds is 3. The first kappa shape index (κ1) is 21.8. The van der Waals surface area contributed by atoms with Crippen LogP contribution in [-0.4, -0.2) is 15.6 Å². The highest BCUT2D eigenvalue weighted by atomic mass is 16.1. The fourth-order valence-electron chi connectivity index (χ4n) is 7.35. The number of carbonyl (C=O) groups is 1. The molecule has 0 spiro atoms. The van der Waals surface area contributed by atoms with Crippen molar-refractivity contribution < 1.29 is 4.79 Å². The smallest absolute Gasteiger partial charge is 0.136 e. The summed E-state index contributed by atoms with van der Waals surface area (Å²) >= 11 is 0. The lowest BCUT2D eigenvalue weighted by molar-refractivity contribution is -0.128. The molecule has 176 valence electrons. The molecular formula is C31H36N2O. The molecule has 0 saturated heterocycles. The van der Waals surface area contributed by atoms with Crippen LogP contribution in [0.1, 0.15) is 88.1 Å². The Morgan fingerprint density at radius 3 is 2.32 bits per heavy atom. The number of fused-ring (bicyclic) bond motifs is 3. The Balaban J connectivity index is 1.47. The van der Waals surface area contributed by atoms with Gasteiger partial charge in [-0.25, -0.2) is 4.68 Å². The van der Waals surface area contributed by atoms with Crippen molar-refractivity contribution in [2.45, 2.75) is 83.0 Å². The summed E-state index contributed by atoms with van der Waals surface area (Å²) < 4.78 is 2.29. The second-order valence-electron chi connectivity index (χ2n) is 11.2. The molecule has 34 heavy (non-hydrogen) atoms. The van der Waals surface area contributed by atoms with E-state index < -0.39 is 0 Å². The van der Waals surface area contributed by atoms with E-state index in [2.05, 4.69) is 73.1 Å². The average Bonchev–Trinajstić information content (AvgIpc) is 3.29. The third-order valence-corrected chi connectivity index (χ3v) is 9.29. The fourth-order valence-corrected chi connectivity index (χ4v) is 7.35. The van der Waals surface area contributed by atoms with Gasteiger partial charge in [-0.15, -0.1) is 0 Å². The van der Waals surface area contributed by atoms with E-state index in [4.69, 9.17) is 5.10 Å². The van der Waals surface area contributed by atoms with Crippen molar-refractivity contribution in [2.75, 3.05) is 0 Å². The number of nitrogens with zero attached hydrogens (tertiary/aromatic N) is 2. The third kappa shape index (κ3) is 3.47. The van der Waals surface area contributed by atoms with Crippen LogP contribution in [-0.2, 0) is 16.6 Å². The van der Waals surface area contributed by atoms with Gasteiger partial charge < -0.3 is 0 Å². The summed E-state index contributed by atoms with van der Waals surface area (Å²) in [4.78, 5) is 12.7. The largest absolute Gasteiger partial charge is 0.299 e.